The number of hydrogen-bond donors (Lipinski definition) is 1. The zero-order valence-electron chi connectivity index (χ0n) is 18.8. The van der Waals surface area contributed by atoms with Crippen LogP contribution in [0.4, 0.5) is 0 Å². The van der Waals surface area contributed by atoms with Crippen molar-refractivity contribution in [3.63, 3.8) is 0 Å². The molecule has 0 spiro atoms. The smallest absolute Gasteiger partial charge is 0.246 e. The van der Waals surface area contributed by atoms with Gasteiger partial charge in [-0.1, -0.05) is 41.0 Å². The van der Waals surface area contributed by atoms with E-state index in [9.17, 15) is 19.2 Å². The lowest BCUT2D eigenvalue weighted by Gasteiger charge is -2.43. The van der Waals surface area contributed by atoms with Crippen molar-refractivity contribution in [2.75, 3.05) is 14.1 Å². The van der Waals surface area contributed by atoms with Gasteiger partial charge in [0.05, 0.1) is 6.04 Å². The number of aldehydes is 2. The average molecular weight is 398 g/mol. The Morgan fingerprint density at radius 3 is 2.04 bits per heavy atom. The van der Waals surface area contributed by atoms with Crippen LogP contribution in [0.5, 0.6) is 0 Å². The first-order valence-electron chi connectivity index (χ1n) is 10.2. The van der Waals surface area contributed by atoms with E-state index in [1.807, 2.05) is 34.6 Å². The van der Waals surface area contributed by atoms with Crippen molar-refractivity contribution < 1.29 is 19.2 Å². The van der Waals surface area contributed by atoms with E-state index in [2.05, 4.69) is 5.32 Å². The number of carbonyl (C=O) groups excluding carboxylic acids is 4. The van der Waals surface area contributed by atoms with E-state index in [-0.39, 0.29) is 23.7 Å². The average Bonchev–Trinajstić information content (AvgIpc) is 2.66. The lowest BCUT2D eigenvalue weighted by molar-refractivity contribution is -0.151. The number of likely N-dealkylation sites (N-methyl/N-ethyl adjacent to an activating group) is 2. The fourth-order valence-electron chi connectivity index (χ4n) is 3.09. The summed E-state index contributed by atoms with van der Waals surface area (Å²) < 4.78 is 0. The Balaban J connectivity index is 5.69. The summed E-state index contributed by atoms with van der Waals surface area (Å²) in [6.07, 6.45) is 3.88. The van der Waals surface area contributed by atoms with E-state index in [1.165, 1.54) is 9.80 Å². The van der Waals surface area contributed by atoms with E-state index in [0.29, 0.717) is 19.1 Å². The second-order valence-corrected chi connectivity index (χ2v) is 8.37. The third-order valence-corrected chi connectivity index (χ3v) is 5.20. The molecule has 0 unspecified atom stereocenters. The molecular weight excluding hydrogens is 358 g/mol. The first-order chi connectivity index (χ1) is 13.0. The van der Waals surface area contributed by atoms with Crippen LogP contribution in [-0.2, 0) is 19.2 Å². The summed E-state index contributed by atoms with van der Waals surface area (Å²) in [7, 11) is 3.16. The minimum atomic E-state index is -1.32. The highest BCUT2D eigenvalue weighted by Crippen LogP contribution is 2.22. The quantitative estimate of drug-likeness (QED) is 0.380. The molecule has 0 aromatic carbocycles. The van der Waals surface area contributed by atoms with Crippen LogP contribution in [0.25, 0.3) is 0 Å². The molecule has 162 valence electrons. The maximum absolute atomic E-state index is 13.1. The molecule has 0 saturated carbocycles. The highest BCUT2D eigenvalue weighted by molar-refractivity contribution is 5.89. The molecule has 0 bridgehead atoms. The minimum absolute atomic E-state index is 0.0387. The summed E-state index contributed by atoms with van der Waals surface area (Å²) in [5, 5.41) is 3.10. The van der Waals surface area contributed by atoms with Crippen molar-refractivity contribution >= 4 is 24.4 Å². The molecule has 7 nitrogen and oxygen atoms in total. The normalized spacial score (nSPS) is 15.6. The Hall–Kier alpha value is -1.76. The minimum Gasteiger partial charge on any atom is -0.334 e. The van der Waals surface area contributed by atoms with Gasteiger partial charge in [-0.05, 0) is 31.6 Å². The number of rotatable bonds is 13. The Morgan fingerprint density at radius 1 is 1.07 bits per heavy atom. The fraction of sp³-hybridized carbons (Fsp3) is 0.810. The van der Waals surface area contributed by atoms with Gasteiger partial charge >= 0.3 is 0 Å². The van der Waals surface area contributed by atoms with Gasteiger partial charge in [-0.25, -0.2) is 0 Å². The van der Waals surface area contributed by atoms with Crippen LogP contribution in [0, 0.1) is 11.8 Å². The van der Waals surface area contributed by atoms with E-state index in [1.54, 1.807) is 21.0 Å². The molecule has 0 aromatic heterocycles. The Labute approximate surface area is 170 Å². The predicted molar refractivity (Wildman–Crippen MR) is 111 cm³/mol. The van der Waals surface area contributed by atoms with E-state index < -0.39 is 17.7 Å². The molecule has 2 amide bonds. The molecule has 28 heavy (non-hydrogen) atoms. The number of nitrogens with one attached hydrogen (secondary N) is 1. The standard InChI is InChI=1S/C21H39N3O4/c1-9-10-11-19(27)23(7)17(6)20(28)24(8)21(14-26,12-15(2)3)22-18(13-25)16(4)5/h13-18,22H,9-12H2,1-8H3/t17-,18-,21-/m1/s1. The first-order valence-corrected chi connectivity index (χ1v) is 10.2. The monoisotopic (exact) mass is 397 g/mol. The summed E-state index contributed by atoms with van der Waals surface area (Å²) in [5.74, 6) is -0.381. The maximum Gasteiger partial charge on any atom is 0.246 e. The van der Waals surface area contributed by atoms with Gasteiger partial charge in [-0.2, -0.15) is 0 Å². The summed E-state index contributed by atoms with van der Waals surface area (Å²) in [5.41, 5.74) is -1.32. The van der Waals surface area contributed by atoms with Gasteiger partial charge < -0.3 is 14.6 Å². The molecule has 0 saturated heterocycles. The molecule has 3 atom stereocenters. The van der Waals surface area contributed by atoms with Crippen LogP contribution < -0.4 is 5.32 Å². The summed E-state index contributed by atoms with van der Waals surface area (Å²) >= 11 is 0. The summed E-state index contributed by atoms with van der Waals surface area (Å²) in [6, 6.07) is -1.28. The molecule has 1 N–H and O–H groups in total. The van der Waals surface area contributed by atoms with Gasteiger partial charge in [0.2, 0.25) is 11.8 Å². The van der Waals surface area contributed by atoms with Crippen molar-refractivity contribution in [3.05, 3.63) is 0 Å². The highest BCUT2D eigenvalue weighted by atomic mass is 16.2. The Bertz CT molecular complexity index is 536. The largest absolute Gasteiger partial charge is 0.334 e. The van der Waals surface area contributed by atoms with Crippen molar-refractivity contribution in [2.24, 2.45) is 11.8 Å². The van der Waals surface area contributed by atoms with E-state index in [4.69, 9.17) is 0 Å². The topological polar surface area (TPSA) is 86.8 Å². The third kappa shape index (κ3) is 7.00. The van der Waals surface area contributed by atoms with Crippen LogP contribution in [0.2, 0.25) is 0 Å². The van der Waals surface area contributed by atoms with Crippen molar-refractivity contribution in [2.45, 2.75) is 85.0 Å². The van der Waals surface area contributed by atoms with E-state index >= 15 is 0 Å². The van der Waals surface area contributed by atoms with Crippen LogP contribution in [0.3, 0.4) is 0 Å². The van der Waals surface area contributed by atoms with Gasteiger partial charge in [0.1, 0.15) is 12.3 Å². The summed E-state index contributed by atoms with van der Waals surface area (Å²) in [6.45, 7) is 11.3. The van der Waals surface area contributed by atoms with Gasteiger partial charge in [0, 0.05) is 20.5 Å². The lowest BCUT2D eigenvalue weighted by atomic mass is 9.93. The molecule has 0 aliphatic heterocycles. The summed E-state index contributed by atoms with van der Waals surface area (Å²) in [4.78, 5) is 51.9. The second-order valence-electron chi connectivity index (χ2n) is 8.37. The molecular formula is C21H39N3O4. The number of carbonyl (C=O) groups is 4. The number of nitrogens with zero attached hydrogens (tertiary/aromatic N) is 2. The molecule has 0 heterocycles. The van der Waals surface area contributed by atoms with Crippen molar-refractivity contribution in [3.8, 4) is 0 Å². The maximum atomic E-state index is 13.1. The molecule has 0 rings (SSSR count). The van der Waals surface area contributed by atoms with Crippen LogP contribution in [-0.4, -0.2) is 66.0 Å². The first kappa shape index (κ1) is 26.2. The Kier molecular flexibility index (Phi) is 11.2. The van der Waals surface area contributed by atoms with Gasteiger partial charge in [-0.15, -0.1) is 0 Å². The molecule has 0 aliphatic rings. The van der Waals surface area contributed by atoms with Gasteiger partial charge in [0.25, 0.3) is 0 Å². The Morgan fingerprint density at radius 2 is 1.64 bits per heavy atom. The third-order valence-electron chi connectivity index (χ3n) is 5.20. The zero-order valence-corrected chi connectivity index (χ0v) is 18.8. The van der Waals surface area contributed by atoms with Crippen LogP contribution >= 0.6 is 0 Å². The molecule has 0 fully saturated rings. The van der Waals surface area contributed by atoms with Crippen molar-refractivity contribution in [1.29, 1.82) is 0 Å². The van der Waals surface area contributed by atoms with Crippen molar-refractivity contribution in [1.82, 2.24) is 15.1 Å². The molecule has 0 aromatic rings. The fourth-order valence-corrected chi connectivity index (χ4v) is 3.09. The van der Waals surface area contributed by atoms with Gasteiger partial charge in [-0.3, -0.25) is 19.7 Å². The van der Waals surface area contributed by atoms with Crippen LogP contribution in [0.15, 0.2) is 0 Å². The lowest BCUT2D eigenvalue weighted by Crippen LogP contribution is -2.67. The number of unbranched alkanes of at least 4 members (excludes halogenated alkanes) is 1. The molecule has 0 aliphatic carbocycles. The number of hydrogen-bond acceptors (Lipinski definition) is 5. The second kappa shape index (κ2) is 11.9. The molecule has 0 radical (unpaired) electrons. The number of amides is 2. The van der Waals surface area contributed by atoms with Gasteiger partial charge in [0.15, 0.2) is 11.9 Å². The molecule has 7 heteroatoms. The van der Waals surface area contributed by atoms with E-state index in [0.717, 1.165) is 19.1 Å². The highest BCUT2D eigenvalue weighted by Gasteiger charge is 2.42. The predicted octanol–water partition coefficient (Wildman–Crippen LogP) is 2.24. The van der Waals surface area contributed by atoms with Crippen LogP contribution in [0.1, 0.15) is 67.2 Å². The zero-order chi connectivity index (χ0) is 22.1. The SMILES string of the molecule is CCCCC(=O)N(C)[C@H](C)C(=O)N(C)[C@@](C=O)(CC(C)C)N[C@H](C=O)C(C)C.